The molecule has 0 amide bonds. The van der Waals surface area contributed by atoms with Gasteiger partial charge in [-0.3, -0.25) is 10.1 Å². The third-order valence-corrected chi connectivity index (χ3v) is 5.61. The summed E-state index contributed by atoms with van der Waals surface area (Å²) >= 11 is 6.11. The lowest BCUT2D eigenvalue weighted by molar-refractivity contribution is -0.384. The van der Waals surface area contributed by atoms with Gasteiger partial charge in [0.2, 0.25) is 10.0 Å². The number of nitro groups is 1. The van der Waals surface area contributed by atoms with Crippen molar-refractivity contribution in [3.8, 4) is 5.75 Å². The molecule has 0 bridgehead atoms. The predicted octanol–water partition coefficient (Wildman–Crippen LogP) is 2.94. The van der Waals surface area contributed by atoms with E-state index >= 15 is 0 Å². The summed E-state index contributed by atoms with van der Waals surface area (Å²) < 4.78 is 28.8. The second-order valence-corrected chi connectivity index (χ2v) is 8.16. The molecule has 2 aromatic rings. The van der Waals surface area contributed by atoms with Gasteiger partial charge >= 0.3 is 0 Å². The van der Waals surface area contributed by atoms with E-state index in [1.807, 2.05) is 17.0 Å². The highest BCUT2D eigenvalue weighted by Gasteiger charge is 2.27. The van der Waals surface area contributed by atoms with Crippen LogP contribution >= 0.6 is 11.6 Å². The maximum absolute atomic E-state index is 11.5. The molecule has 2 N–H and O–H groups in total. The molecule has 3 rings (SSSR count). The molecular formula is C17H18ClN3O5S. The van der Waals surface area contributed by atoms with Crippen molar-refractivity contribution < 1.29 is 18.1 Å². The Morgan fingerprint density at radius 1 is 1.19 bits per heavy atom. The molecule has 2 aromatic carbocycles. The molecule has 1 aliphatic heterocycles. The minimum absolute atomic E-state index is 0.0519. The standard InChI is InChI=1S/C17H18ClN3O5S/c18-14-3-1-2-4-17(14)26-12-7-9-20(10-8-12)15-6-5-13(27(19,24)25)11-16(15)21(22)23/h1-6,11-12H,7-10H2,(H2,19,24,25). The summed E-state index contributed by atoms with van der Waals surface area (Å²) in [4.78, 5) is 12.4. The van der Waals surface area contributed by atoms with Crippen LogP contribution in [-0.2, 0) is 10.0 Å². The summed E-state index contributed by atoms with van der Waals surface area (Å²) in [6, 6.07) is 10.9. The van der Waals surface area contributed by atoms with Gasteiger partial charge < -0.3 is 9.64 Å². The third-order valence-electron chi connectivity index (χ3n) is 4.39. The number of nitrogens with two attached hydrogens (primary N) is 1. The third kappa shape index (κ3) is 4.49. The van der Waals surface area contributed by atoms with Crippen molar-refractivity contribution in [3.05, 3.63) is 57.6 Å². The van der Waals surface area contributed by atoms with Crippen LogP contribution in [0.3, 0.4) is 0 Å². The van der Waals surface area contributed by atoms with E-state index < -0.39 is 14.9 Å². The lowest BCUT2D eigenvalue weighted by Crippen LogP contribution is -2.38. The topological polar surface area (TPSA) is 116 Å². The van der Waals surface area contributed by atoms with Gasteiger partial charge in [-0.2, -0.15) is 0 Å². The molecule has 10 heteroatoms. The zero-order chi connectivity index (χ0) is 19.6. The Morgan fingerprint density at radius 3 is 2.44 bits per heavy atom. The lowest BCUT2D eigenvalue weighted by atomic mass is 10.1. The summed E-state index contributed by atoms with van der Waals surface area (Å²) in [6.45, 7) is 1.06. The fourth-order valence-corrected chi connectivity index (χ4v) is 3.74. The molecule has 27 heavy (non-hydrogen) atoms. The Balaban J connectivity index is 1.74. The number of primary sulfonamides is 1. The van der Waals surface area contributed by atoms with Crippen LogP contribution in [0, 0.1) is 10.1 Å². The van der Waals surface area contributed by atoms with Crippen molar-refractivity contribution >= 4 is 33.0 Å². The average Bonchev–Trinajstić information content (AvgIpc) is 2.63. The van der Waals surface area contributed by atoms with E-state index in [0.717, 1.165) is 6.07 Å². The molecule has 1 fully saturated rings. The fourth-order valence-electron chi connectivity index (χ4n) is 3.03. The Bertz CT molecular complexity index is 959. The first-order valence-electron chi connectivity index (χ1n) is 8.23. The number of sulfonamides is 1. The van der Waals surface area contributed by atoms with E-state index in [4.69, 9.17) is 21.5 Å². The maximum atomic E-state index is 11.5. The predicted molar refractivity (Wildman–Crippen MR) is 102 cm³/mol. The summed E-state index contributed by atoms with van der Waals surface area (Å²) in [6.07, 6.45) is 1.25. The highest BCUT2D eigenvalue weighted by molar-refractivity contribution is 7.89. The Hall–Kier alpha value is -2.36. The van der Waals surface area contributed by atoms with Crippen LogP contribution in [0.2, 0.25) is 5.02 Å². The Kier molecular flexibility index (Phi) is 5.54. The first-order chi connectivity index (χ1) is 12.8. The van der Waals surface area contributed by atoms with Crippen LogP contribution in [0.25, 0.3) is 0 Å². The molecule has 0 spiro atoms. The van der Waals surface area contributed by atoms with Crippen LogP contribution in [0.15, 0.2) is 47.4 Å². The zero-order valence-corrected chi connectivity index (χ0v) is 15.8. The zero-order valence-electron chi connectivity index (χ0n) is 14.2. The van der Waals surface area contributed by atoms with Crippen LogP contribution in [-0.4, -0.2) is 32.5 Å². The number of rotatable bonds is 5. The largest absolute Gasteiger partial charge is 0.489 e. The molecule has 0 saturated carbocycles. The number of halogens is 1. The van der Waals surface area contributed by atoms with Gasteiger partial charge in [0.25, 0.3) is 5.69 Å². The van der Waals surface area contributed by atoms with Crippen molar-refractivity contribution in [1.82, 2.24) is 0 Å². The molecule has 1 aliphatic rings. The summed E-state index contributed by atoms with van der Waals surface area (Å²) in [7, 11) is -4.01. The number of ether oxygens (including phenoxy) is 1. The first kappa shape index (κ1) is 19.4. The molecule has 1 saturated heterocycles. The maximum Gasteiger partial charge on any atom is 0.293 e. The quantitative estimate of drug-likeness (QED) is 0.597. The van der Waals surface area contributed by atoms with Crippen LogP contribution in [0.5, 0.6) is 5.75 Å². The number of anilines is 1. The van der Waals surface area contributed by atoms with Gasteiger partial charge in [-0.25, -0.2) is 13.6 Å². The number of piperidine rings is 1. The van der Waals surface area contributed by atoms with Crippen molar-refractivity contribution in [2.75, 3.05) is 18.0 Å². The van der Waals surface area contributed by atoms with Crippen molar-refractivity contribution in [2.45, 2.75) is 23.8 Å². The first-order valence-corrected chi connectivity index (χ1v) is 10.2. The Labute approximate surface area is 161 Å². The number of para-hydroxylation sites is 1. The minimum atomic E-state index is -4.01. The van der Waals surface area contributed by atoms with Gasteiger partial charge in [-0.05, 0) is 24.3 Å². The normalized spacial score (nSPS) is 15.6. The van der Waals surface area contributed by atoms with E-state index in [0.29, 0.717) is 42.4 Å². The van der Waals surface area contributed by atoms with Crippen molar-refractivity contribution in [1.29, 1.82) is 0 Å². The van der Waals surface area contributed by atoms with Crippen molar-refractivity contribution in [2.24, 2.45) is 5.14 Å². The molecule has 1 heterocycles. The monoisotopic (exact) mass is 411 g/mol. The fraction of sp³-hybridized carbons (Fsp3) is 0.294. The number of nitro benzene ring substituents is 1. The molecule has 0 aliphatic carbocycles. The highest BCUT2D eigenvalue weighted by atomic mass is 35.5. The second kappa shape index (κ2) is 7.71. The van der Waals surface area contributed by atoms with Crippen molar-refractivity contribution in [3.63, 3.8) is 0 Å². The van der Waals surface area contributed by atoms with Gasteiger partial charge in [0.05, 0.1) is 14.8 Å². The van der Waals surface area contributed by atoms with Gasteiger partial charge in [0.15, 0.2) is 0 Å². The minimum Gasteiger partial charge on any atom is -0.489 e. The molecule has 0 aromatic heterocycles. The highest BCUT2D eigenvalue weighted by Crippen LogP contribution is 2.33. The smallest absolute Gasteiger partial charge is 0.293 e. The molecule has 0 radical (unpaired) electrons. The SMILES string of the molecule is NS(=O)(=O)c1ccc(N2CCC(Oc3ccccc3Cl)CC2)c([N+](=O)[O-])c1. The van der Waals surface area contributed by atoms with E-state index in [9.17, 15) is 18.5 Å². The van der Waals surface area contributed by atoms with Crippen LogP contribution in [0.1, 0.15) is 12.8 Å². The molecule has 8 nitrogen and oxygen atoms in total. The summed E-state index contributed by atoms with van der Waals surface area (Å²) in [5.41, 5.74) is 0.0793. The lowest BCUT2D eigenvalue weighted by Gasteiger charge is -2.33. The van der Waals surface area contributed by atoms with E-state index in [2.05, 4.69) is 0 Å². The molecule has 0 atom stereocenters. The van der Waals surface area contributed by atoms with E-state index in [1.165, 1.54) is 12.1 Å². The molecule has 0 unspecified atom stereocenters. The summed E-state index contributed by atoms with van der Waals surface area (Å²) in [5, 5.41) is 17.0. The number of hydrogen-bond acceptors (Lipinski definition) is 6. The van der Waals surface area contributed by atoms with E-state index in [1.54, 1.807) is 12.1 Å². The molecular weight excluding hydrogens is 394 g/mol. The average molecular weight is 412 g/mol. The number of nitrogens with zero attached hydrogens (tertiary/aromatic N) is 2. The Morgan fingerprint density at radius 2 is 1.85 bits per heavy atom. The number of hydrogen-bond donors (Lipinski definition) is 1. The number of benzene rings is 2. The van der Waals surface area contributed by atoms with Gasteiger partial charge in [0.1, 0.15) is 17.5 Å². The van der Waals surface area contributed by atoms with Crippen LogP contribution in [0.4, 0.5) is 11.4 Å². The van der Waals surface area contributed by atoms with Gasteiger partial charge in [-0.15, -0.1) is 0 Å². The summed E-state index contributed by atoms with van der Waals surface area (Å²) in [5.74, 6) is 0.612. The second-order valence-electron chi connectivity index (χ2n) is 6.19. The van der Waals surface area contributed by atoms with Gasteiger partial charge in [-0.1, -0.05) is 23.7 Å². The van der Waals surface area contributed by atoms with E-state index in [-0.39, 0.29) is 16.7 Å². The van der Waals surface area contributed by atoms with Crippen LogP contribution < -0.4 is 14.8 Å². The molecule has 144 valence electrons. The van der Waals surface area contributed by atoms with Gasteiger partial charge in [0, 0.05) is 32.0 Å².